The number of benzene rings is 4. The number of para-hydroxylation sites is 1. The molecule has 1 aliphatic rings. The van der Waals surface area contributed by atoms with Crippen molar-refractivity contribution in [2.45, 2.75) is 0 Å². The highest BCUT2D eigenvalue weighted by molar-refractivity contribution is 6.19. The third kappa shape index (κ3) is 4.00. The second-order valence-electron chi connectivity index (χ2n) is 10.4. The molecule has 7 aromatic rings. The van der Waals surface area contributed by atoms with Crippen molar-refractivity contribution < 1.29 is 0 Å². The van der Waals surface area contributed by atoms with Crippen LogP contribution in [0.25, 0.3) is 60.7 Å². The Morgan fingerprint density at radius 1 is 0.561 bits per heavy atom. The summed E-state index contributed by atoms with van der Waals surface area (Å²) >= 11 is 0. The minimum atomic E-state index is 0.787. The van der Waals surface area contributed by atoms with E-state index in [9.17, 15) is 0 Å². The molecule has 4 nitrogen and oxygen atoms in total. The number of allylic oxidation sites excluding steroid dienone is 2. The maximum Gasteiger partial charge on any atom is 0.0619 e. The van der Waals surface area contributed by atoms with Crippen LogP contribution >= 0.6 is 0 Å². The Labute approximate surface area is 237 Å². The molecule has 8 rings (SSSR count). The van der Waals surface area contributed by atoms with E-state index in [-0.39, 0.29) is 0 Å². The third-order valence-electron chi connectivity index (χ3n) is 8.05. The van der Waals surface area contributed by atoms with Crippen molar-refractivity contribution in [1.82, 2.24) is 19.9 Å². The second-order valence-corrected chi connectivity index (χ2v) is 10.4. The SMILES string of the molecule is C1=C(c2ccncc2)CNC(c2ccc3c(ccc4c5ccc(-c6ccncc6)cc5n(-c5ccccc5)c34)c2)=C1. The highest BCUT2D eigenvalue weighted by atomic mass is 15.0. The summed E-state index contributed by atoms with van der Waals surface area (Å²) in [7, 11) is 0. The summed E-state index contributed by atoms with van der Waals surface area (Å²) in [5, 5.41) is 8.59. The van der Waals surface area contributed by atoms with Crippen LogP contribution in [0.3, 0.4) is 0 Å². The van der Waals surface area contributed by atoms with E-state index in [1.807, 2.05) is 24.8 Å². The fraction of sp³-hybridized carbons (Fsp3) is 0.0270. The third-order valence-corrected chi connectivity index (χ3v) is 8.05. The van der Waals surface area contributed by atoms with E-state index in [2.05, 4.69) is 135 Å². The number of nitrogens with zero attached hydrogens (tertiary/aromatic N) is 3. The number of hydrogen-bond donors (Lipinski definition) is 1. The summed E-state index contributed by atoms with van der Waals surface area (Å²) in [6.45, 7) is 0.787. The van der Waals surface area contributed by atoms with Crippen LogP contribution in [-0.4, -0.2) is 21.1 Å². The number of pyridine rings is 2. The van der Waals surface area contributed by atoms with Crippen LogP contribution < -0.4 is 5.32 Å². The molecule has 4 heterocycles. The van der Waals surface area contributed by atoms with E-state index in [1.54, 1.807) is 0 Å². The summed E-state index contributed by atoms with van der Waals surface area (Å²) in [6, 6.07) is 37.0. The molecule has 0 aliphatic carbocycles. The van der Waals surface area contributed by atoms with Crippen molar-refractivity contribution in [3.8, 4) is 16.8 Å². The number of hydrogen-bond acceptors (Lipinski definition) is 3. The minimum absolute atomic E-state index is 0.787. The maximum absolute atomic E-state index is 4.21. The van der Waals surface area contributed by atoms with Gasteiger partial charge in [0, 0.05) is 58.9 Å². The lowest BCUT2D eigenvalue weighted by atomic mass is 9.99. The summed E-state index contributed by atoms with van der Waals surface area (Å²) in [5.74, 6) is 0. The number of rotatable bonds is 4. The van der Waals surface area contributed by atoms with Crippen LogP contribution in [0.1, 0.15) is 11.1 Å². The largest absolute Gasteiger partial charge is 0.380 e. The zero-order valence-electron chi connectivity index (χ0n) is 22.3. The smallest absolute Gasteiger partial charge is 0.0619 e. The number of nitrogens with one attached hydrogen (secondary N) is 1. The Morgan fingerprint density at radius 3 is 2.02 bits per heavy atom. The second kappa shape index (κ2) is 9.61. The fourth-order valence-electron chi connectivity index (χ4n) is 6.03. The van der Waals surface area contributed by atoms with Gasteiger partial charge in [-0.2, -0.15) is 0 Å². The van der Waals surface area contributed by atoms with Gasteiger partial charge in [-0.05, 0) is 87.8 Å². The molecule has 194 valence electrons. The lowest BCUT2D eigenvalue weighted by Gasteiger charge is -2.18. The van der Waals surface area contributed by atoms with E-state index in [4.69, 9.17) is 0 Å². The Morgan fingerprint density at radius 2 is 1.27 bits per heavy atom. The first-order valence-electron chi connectivity index (χ1n) is 13.9. The molecular weight excluding hydrogens is 500 g/mol. The van der Waals surface area contributed by atoms with E-state index in [0.717, 1.165) is 23.5 Å². The van der Waals surface area contributed by atoms with Gasteiger partial charge in [0.1, 0.15) is 0 Å². The topological polar surface area (TPSA) is 42.7 Å². The molecule has 3 aromatic heterocycles. The van der Waals surface area contributed by atoms with Gasteiger partial charge >= 0.3 is 0 Å². The Balaban J connectivity index is 1.31. The van der Waals surface area contributed by atoms with E-state index < -0.39 is 0 Å². The van der Waals surface area contributed by atoms with E-state index in [1.165, 1.54) is 54.8 Å². The minimum Gasteiger partial charge on any atom is -0.380 e. The normalized spacial score (nSPS) is 13.3. The highest BCUT2D eigenvalue weighted by Gasteiger charge is 2.17. The molecule has 0 bridgehead atoms. The molecule has 1 aliphatic heterocycles. The predicted octanol–water partition coefficient (Wildman–Crippen LogP) is 8.42. The molecule has 1 N–H and O–H groups in total. The van der Waals surface area contributed by atoms with Crippen LogP contribution in [0, 0.1) is 0 Å². The first-order chi connectivity index (χ1) is 20.3. The molecule has 0 spiro atoms. The van der Waals surface area contributed by atoms with Gasteiger partial charge in [-0.25, -0.2) is 0 Å². The average Bonchev–Trinajstić information content (AvgIpc) is 3.40. The van der Waals surface area contributed by atoms with Crippen LogP contribution in [0.5, 0.6) is 0 Å². The van der Waals surface area contributed by atoms with Crippen LogP contribution in [0.15, 0.2) is 140 Å². The van der Waals surface area contributed by atoms with E-state index >= 15 is 0 Å². The van der Waals surface area contributed by atoms with Gasteiger partial charge in [-0.3, -0.25) is 9.97 Å². The first-order valence-corrected chi connectivity index (χ1v) is 13.9. The van der Waals surface area contributed by atoms with E-state index in [0.29, 0.717) is 0 Å². The Kier molecular flexibility index (Phi) is 5.49. The molecule has 0 atom stereocenters. The molecule has 0 fully saturated rings. The van der Waals surface area contributed by atoms with Gasteiger partial charge in [-0.15, -0.1) is 0 Å². The Hall–Kier alpha value is -5.48. The van der Waals surface area contributed by atoms with Gasteiger partial charge in [-0.1, -0.05) is 60.7 Å². The van der Waals surface area contributed by atoms with Crippen molar-refractivity contribution >= 4 is 43.8 Å². The number of fused-ring (bicyclic) bond motifs is 5. The zero-order chi connectivity index (χ0) is 27.2. The first kappa shape index (κ1) is 23.4. The monoisotopic (exact) mass is 526 g/mol. The van der Waals surface area contributed by atoms with Crippen molar-refractivity contribution in [3.05, 3.63) is 151 Å². The summed E-state index contributed by atoms with van der Waals surface area (Å²) in [4.78, 5) is 8.35. The molecule has 0 unspecified atom stereocenters. The van der Waals surface area contributed by atoms with Crippen LogP contribution in [-0.2, 0) is 0 Å². The van der Waals surface area contributed by atoms with Crippen molar-refractivity contribution in [2.24, 2.45) is 0 Å². The van der Waals surface area contributed by atoms with Gasteiger partial charge in [0.2, 0.25) is 0 Å². The van der Waals surface area contributed by atoms with Gasteiger partial charge in [0.15, 0.2) is 0 Å². The van der Waals surface area contributed by atoms with Crippen molar-refractivity contribution in [3.63, 3.8) is 0 Å². The molecular formula is C37H26N4. The lowest BCUT2D eigenvalue weighted by Crippen LogP contribution is -2.18. The molecule has 0 amide bonds. The fourth-order valence-corrected chi connectivity index (χ4v) is 6.03. The van der Waals surface area contributed by atoms with Crippen LogP contribution in [0.4, 0.5) is 0 Å². The molecule has 4 heteroatoms. The van der Waals surface area contributed by atoms with Gasteiger partial charge in [0.25, 0.3) is 0 Å². The predicted molar refractivity (Wildman–Crippen MR) is 170 cm³/mol. The standard InChI is InChI=1S/C37H26N4/c1-2-4-31(5-3-1)41-36-23-27(25-14-18-38-19-15-25)6-11-33(36)34-12-7-28-22-29(8-10-32(28)37(34)41)35-13-9-30(24-40-35)26-16-20-39-21-17-26/h1-23,40H,24H2. The lowest BCUT2D eigenvalue weighted by molar-refractivity contribution is 1.01. The quantitative estimate of drug-likeness (QED) is 0.250. The highest BCUT2D eigenvalue weighted by Crippen LogP contribution is 2.39. The van der Waals surface area contributed by atoms with Gasteiger partial charge < -0.3 is 9.88 Å². The molecule has 0 saturated carbocycles. The Bertz CT molecular complexity index is 2120. The average molecular weight is 527 g/mol. The van der Waals surface area contributed by atoms with Crippen molar-refractivity contribution in [1.29, 1.82) is 0 Å². The number of aromatic nitrogens is 3. The summed E-state index contributed by atoms with van der Waals surface area (Å²) < 4.78 is 2.42. The summed E-state index contributed by atoms with van der Waals surface area (Å²) in [5.41, 5.74) is 10.7. The van der Waals surface area contributed by atoms with Crippen molar-refractivity contribution in [2.75, 3.05) is 6.54 Å². The molecule has 41 heavy (non-hydrogen) atoms. The molecule has 0 radical (unpaired) electrons. The maximum atomic E-state index is 4.21. The zero-order valence-corrected chi connectivity index (χ0v) is 22.3. The molecule has 0 saturated heterocycles. The molecule has 4 aromatic carbocycles. The van der Waals surface area contributed by atoms with Crippen LogP contribution in [0.2, 0.25) is 0 Å². The summed E-state index contributed by atoms with van der Waals surface area (Å²) in [6.07, 6.45) is 11.8. The number of dihydropyridines is 1. The van der Waals surface area contributed by atoms with Gasteiger partial charge in [0.05, 0.1) is 11.0 Å².